The lowest BCUT2D eigenvalue weighted by Gasteiger charge is -2.11. The van der Waals surface area contributed by atoms with Crippen LogP contribution in [0.5, 0.6) is 0 Å². The number of imidazole rings is 1. The van der Waals surface area contributed by atoms with E-state index in [1.54, 1.807) is 17.2 Å². The fraction of sp³-hybridized carbons (Fsp3) is 0.150. The number of aromatic nitrogens is 4. The number of nitrogens with zero attached hydrogens (tertiary/aromatic N) is 4. The Labute approximate surface area is 145 Å². The van der Waals surface area contributed by atoms with Crippen LogP contribution in [0.15, 0.2) is 78.1 Å². The zero-order valence-corrected chi connectivity index (χ0v) is 13.7. The van der Waals surface area contributed by atoms with Crippen LogP contribution < -0.4 is 5.56 Å². The lowest BCUT2D eigenvalue weighted by molar-refractivity contribution is 0.511. The molecule has 0 spiro atoms. The number of aryl methyl sites for hydroxylation is 2. The highest BCUT2D eigenvalue weighted by atomic mass is 16.1. The SMILES string of the molecule is O=c1c2ccccc2c(-c2ccccc2)nn1CCCn1ccnc1. The van der Waals surface area contributed by atoms with Crippen LogP contribution in [0.4, 0.5) is 0 Å². The lowest BCUT2D eigenvalue weighted by Crippen LogP contribution is -2.24. The second-order valence-corrected chi connectivity index (χ2v) is 5.94. The van der Waals surface area contributed by atoms with E-state index in [1.165, 1.54) is 0 Å². The van der Waals surface area contributed by atoms with Crippen LogP contribution in [0.3, 0.4) is 0 Å². The third-order valence-electron chi connectivity index (χ3n) is 4.26. The van der Waals surface area contributed by atoms with Crippen molar-refractivity contribution in [2.45, 2.75) is 19.5 Å². The van der Waals surface area contributed by atoms with Crippen LogP contribution in [0, 0.1) is 0 Å². The second-order valence-electron chi connectivity index (χ2n) is 5.94. The van der Waals surface area contributed by atoms with Crippen LogP contribution in [-0.4, -0.2) is 19.3 Å². The lowest BCUT2D eigenvalue weighted by atomic mass is 10.1. The van der Waals surface area contributed by atoms with E-state index in [-0.39, 0.29) is 5.56 Å². The van der Waals surface area contributed by atoms with Gasteiger partial charge in [0.2, 0.25) is 0 Å². The molecule has 0 saturated heterocycles. The van der Waals surface area contributed by atoms with Crippen molar-refractivity contribution < 1.29 is 0 Å². The zero-order chi connectivity index (χ0) is 17.1. The maximum atomic E-state index is 12.8. The second kappa shape index (κ2) is 6.73. The Balaban J connectivity index is 1.74. The predicted molar refractivity (Wildman–Crippen MR) is 98.3 cm³/mol. The summed E-state index contributed by atoms with van der Waals surface area (Å²) in [5.41, 5.74) is 1.82. The molecule has 0 aliphatic carbocycles. The molecule has 0 unspecified atom stereocenters. The van der Waals surface area contributed by atoms with Crippen molar-refractivity contribution in [3.63, 3.8) is 0 Å². The molecule has 0 aliphatic heterocycles. The van der Waals surface area contributed by atoms with Crippen molar-refractivity contribution in [2.24, 2.45) is 0 Å². The molecule has 2 aromatic heterocycles. The van der Waals surface area contributed by atoms with Gasteiger partial charge in [0.25, 0.3) is 5.56 Å². The molecule has 0 amide bonds. The minimum Gasteiger partial charge on any atom is -0.337 e. The number of hydrogen-bond donors (Lipinski definition) is 0. The first kappa shape index (κ1) is 15.3. The van der Waals surface area contributed by atoms with E-state index >= 15 is 0 Å². The molecule has 5 heteroatoms. The van der Waals surface area contributed by atoms with E-state index in [9.17, 15) is 4.79 Å². The monoisotopic (exact) mass is 330 g/mol. The van der Waals surface area contributed by atoms with Gasteiger partial charge in [-0.3, -0.25) is 4.79 Å². The summed E-state index contributed by atoms with van der Waals surface area (Å²) in [6, 6.07) is 17.7. The molecule has 0 N–H and O–H groups in total. The van der Waals surface area contributed by atoms with E-state index in [1.807, 2.05) is 65.4 Å². The third-order valence-corrected chi connectivity index (χ3v) is 4.26. The molecule has 5 nitrogen and oxygen atoms in total. The van der Waals surface area contributed by atoms with Crippen LogP contribution >= 0.6 is 0 Å². The van der Waals surface area contributed by atoms with E-state index < -0.39 is 0 Å². The zero-order valence-electron chi connectivity index (χ0n) is 13.7. The molecule has 0 atom stereocenters. The maximum absolute atomic E-state index is 12.8. The molecule has 4 aromatic rings. The van der Waals surface area contributed by atoms with Gasteiger partial charge in [0.05, 0.1) is 17.4 Å². The van der Waals surface area contributed by atoms with Gasteiger partial charge in [0, 0.05) is 36.4 Å². The Bertz CT molecular complexity index is 1040. The molecular formula is C20H18N4O. The Morgan fingerprint density at radius 3 is 2.40 bits per heavy atom. The third kappa shape index (κ3) is 3.08. The molecule has 0 aliphatic rings. The summed E-state index contributed by atoms with van der Waals surface area (Å²) in [5.74, 6) is 0. The molecule has 0 bridgehead atoms. The van der Waals surface area contributed by atoms with E-state index in [0.29, 0.717) is 11.9 Å². The van der Waals surface area contributed by atoms with Crippen LogP contribution in [0.25, 0.3) is 22.0 Å². The Morgan fingerprint density at radius 2 is 1.64 bits per heavy atom. The van der Waals surface area contributed by atoms with Crippen molar-refractivity contribution in [1.29, 1.82) is 0 Å². The highest BCUT2D eigenvalue weighted by Crippen LogP contribution is 2.24. The summed E-state index contributed by atoms with van der Waals surface area (Å²) in [5, 5.41) is 6.27. The van der Waals surface area contributed by atoms with Gasteiger partial charge in [-0.15, -0.1) is 0 Å². The first-order valence-electron chi connectivity index (χ1n) is 8.34. The van der Waals surface area contributed by atoms with Crippen molar-refractivity contribution in [3.8, 4) is 11.3 Å². The predicted octanol–water partition coefficient (Wildman–Crippen LogP) is 3.35. The molecule has 0 saturated carbocycles. The summed E-state index contributed by atoms with van der Waals surface area (Å²) in [7, 11) is 0. The van der Waals surface area contributed by atoms with Gasteiger partial charge in [0.15, 0.2) is 0 Å². The summed E-state index contributed by atoms with van der Waals surface area (Å²) >= 11 is 0. The molecular weight excluding hydrogens is 312 g/mol. The smallest absolute Gasteiger partial charge is 0.274 e. The van der Waals surface area contributed by atoms with Crippen LogP contribution in [-0.2, 0) is 13.1 Å². The van der Waals surface area contributed by atoms with Gasteiger partial charge in [0.1, 0.15) is 0 Å². The van der Waals surface area contributed by atoms with Crippen LogP contribution in [0.2, 0.25) is 0 Å². The molecule has 0 radical (unpaired) electrons. The summed E-state index contributed by atoms with van der Waals surface area (Å²) < 4.78 is 3.59. The number of fused-ring (bicyclic) bond motifs is 1. The Kier molecular flexibility index (Phi) is 4.12. The Hall–Kier alpha value is -3.21. The fourth-order valence-electron chi connectivity index (χ4n) is 3.02. The van der Waals surface area contributed by atoms with Crippen molar-refractivity contribution in [2.75, 3.05) is 0 Å². The maximum Gasteiger partial charge on any atom is 0.274 e. The summed E-state index contributed by atoms with van der Waals surface area (Å²) in [6.07, 6.45) is 6.28. The van der Waals surface area contributed by atoms with Gasteiger partial charge < -0.3 is 4.57 Å². The number of hydrogen-bond acceptors (Lipinski definition) is 3. The standard InChI is InChI=1S/C20H18N4O/c25-20-18-10-5-4-9-17(18)19(16-7-2-1-3-8-16)22-24(20)13-6-12-23-14-11-21-15-23/h1-5,7-11,14-15H,6,12-13H2. The first-order valence-corrected chi connectivity index (χ1v) is 8.34. The van der Waals surface area contributed by atoms with Crippen molar-refractivity contribution in [1.82, 2.24) is 19.3 Å². The van der Waals surface area contributed by atoms with E-state index in [4.69, 9.17) is 0 Å². The quantitative estimate of drug-likeness (QED) is 0.564. The largest absolute Gasteiger partial charge is 0.337 e. The van der Waals surface area contributed by atoms with Gasteiger partial charge in [-0.25, -0.2) is 9.67 Å². The van der Waals surface area contributed by atoms with Crippen molar-refractivity contribution in [3.05, 3.63) is 83.7 Å². The van der Waals surface area contributed by atoms with Gasteiger partial charge in [-0.2, -0.15) is 5.10 Å². The van der Waals surface area contributed by atoms with Crippen LogP contribution in [0.1, 0.15) is 6.42 Å². The molecule has 0 fully saturated rings. The minimum atomic E-state index is -0.0408. The molecule has 2 aromatic carbocycles. The van der Waals surface area contributed by atoms with E-state index in [0.717, 1.165) is 29.6 Å². The summed E-state index contributed by atoms with van der Waals surface area (Å²) in [4.78, 5) is 16.8. The van der Waals surface area contributed by atoms with Gasteiger partial charge in [-0.05, 0) is 12.5 Å². The topological polar surface area (TPSA) is 52.7 Å². The average Bonchev–Trinajstić information content (AvgIpc) is 3.18. The van der Waals surface area contributed by atoms with E-state index in [2.05, 4.69) is 10.1 Å². The molecule has 124 valence electrons. The first-order chi connectivity index (χ1) is 12.3. The molecule has 4 rings (SSSR count). The number of rotatable bonds is 5. The molecule has 2 heterocycles. The van der Waals surface area contributed by atoms with Gasteiger partial charge in [-0.1, -0.05) is 48.5 Å². The average molecular weight is 330 g/mol. The highest BCUT2D eigenvalue weighted by Gasteiger charge is 2.11. The highest BCUT2D eigenvalue weighted by molar-refractivity contribution is 5.93. The summed E-state index contributed by atoms with van der Waals surface area (Å²) in [6.45, 7) is 1.38. The van der Waals surface area contributed by atoms with Gasteiger partial charge >= 0.3 is 0 Å². The minimum absolute atomic E-state index is 0.0408. The number of benzene rings is 2. The normalized spacial score (nSPS) is 11.0. The van der Waals surface area contributed by atoms with Crippen molar-refractivity contribution >= 4 is 10.8 Å². The molecule has 25 heavy (non-hydrogen) atoms. The Morgan fingerprint density at radius 1 is 0.880 bits per heavy atom. The fourth-order valence-corrected chi connectivity index (χ4v) is 3.02.